The number of hydrogen-bond donors (Lipinski definition) is 0. The van der Waals surface area contributed by atoms with Crippen LogP contribution in [0.4, 0.5) is 0 Å². The molecule has 20 heavy (non-hydrogen) atoms. The van der Waals surface area contributed by atoms with Crippen LogP contribution in [-0.2, 0) is 6.42 Å². The zero-order valence-corrected chi connectivity index (χ0v) is 11.7. The smallest absolute Gasteiger partial charge is 0.0145 e. The van der Waals surface area contributed by atoms with Crippen molar-refractivity contribution in [2.24, 2.45) is 0 Å². The average Bonchev–Trinajstić information content (AvgIpc) is 3.00. The van der Waals surface area contributed by atoms with E-state index in [4.69, 9.17) is 0 Å². The van der Waals surface area contributed by atoms with Crippen molar-refractivity contribution in [1.29, 1.82) is 0 Å². The summed E-state index contributed by atoms with van der Waals surface area (Å²) in [6.07, 6.45) is 6.60. The minimum absolute atomic E-state index is 1.17. The number of fused-ring (bicyclic) bond motifs is 2. The molecular formula is C20H19. The van der Waals surface area contributed by atoms with Crippen molar-refractivity contribution in [1.82, 2.24) is 0 Å². The van der Waals surface area contributed by atoms with Crippen LogP contribution in [0.2, 0.25) is 0 Å². The van der Waals surface area contributed by atoms with Gasteiger partial charge >= 0.3 is 0 Å². The third kappa shape index (κ3) is 2.00. The monoisotopic (exact) mass is 259 g/mol. The highest BCUT2D eigenvalue weighted by Gasteiger charge is 2.18. The lowest BCUT2D eigenvalue weighted by Crippen LogP contribution is -1.98. The molecule has 0 nitrogen and oxygen atoms in total. The molecule has 1 saturated carbocycles. The molecule has 0 heterocycles. The molecule has 0 spiro atoms. The summed E-state index contributed by atoms with van der Waals surface area (Å²) >= 11 is 0. The first-order valence-corrected chi connectivity index (χ1v) is 7.65. The summed E-state index contributed by atoms with van der Waals surface area (Å²) in [5.41, 5.74) is 1.54. The van der Waals surface area contributed by atoms with E-state index < -0.39 is 0 Å². The van der Waals surface area contributed by atoms with Gasteiger partial charge in [-0.3, -0.25) is 0 Å². The van der Waals surface area contributed by atoms with E-state index in [9.17, 15) is 0 Å². The van der Waals surface area contributed by atoms with E-state index in [2.05, 4.69) is 54.6 Å². The van der Waals surface area contributed by atoms with Crippen LogP contribution in [0.1, 0.15) is 31.2 Å². The molecule has 0 unspecified atom stereocenters. The Morgan fingerprint density at radius 1 is 0.700 bits per heavy atom. The van der Waals surface area contributed by atoms with Crippen LogP contribution in [0.3, 0.4) is 0 Å². The van der Waals surface area contributed by atoms with Crippen molar-refractivity contribution >= 4 is 21.5 Å². The Hall–Kier alpha value is -1.82. The molecule has 0 N–H and O–H groups in total. The minimum Gasteiger partial charge on any atom is -0.0616 e. The van der Waals surface area contributed by atoms with Crippen molar-refractivity contribution in [2.45, 2.75) is 32.1 Å². The van der Waals surface area contributed by atoms with E-state index in [1.54, 1.807) is 5.92 Å². The summed E-state index contributed by atoms with van der Waals surface area (Å²) in [4.78, 5) is 0. The fraction of sp³-hybridized carbons (Fsp3) is 0.250. The first-order chi connectivity index (χ1) is 9.92. The van der Waals surface area contributed by atoms with Crippen LogP contribution >= 0.6 is 0 Å². The van der Waals surface area contributed by atoms with Crippen LogP contribution < -0.4 is 0 Å². The molecule has 1 aliphatic carbocycles. The van der Waals surface area contributed by atoms with Crippen LogP contribution in [0.5, 0.6) is 0 Å². The van der Waals surface area contributed by atoms with Gasteiger partial charge in [0.1, 0.15) is 0 Å². The van der Waals surface area contributed by atoms with Gasteiger partial charge in [0.15, 0.2) is 0 Å². The summed E-state index contributed by atoms with van der Waals surface area (Å²) in [6.45, 7) is 0. The Morgan fingerprint density at radius 3 is 1.85 bits per heavy atom. The normalized spacial score (nSPS) is 16.2. The van der Waals surface area contributed by atoms with Crippen LogP contribution in [0.25, 0.3) is 21.5 Å². The molecule has 0 aromatic heterocycles. The standard InChI is InChI=1S/C20H19/c1-2-8-15(7-1)13-20-18-11-5-3-9-16(18)14-17-10-4-6-12-19(17)20/h3-6,9-12,14H,1-2,7-8,13H2. The summed E-state index contributed by atoms with van der Waals surface area (Å²) in [5, 5.41) is 5.62. The van der Waals surface area contributed by atoms with Gasteiger partial charge in [0.2, 0.25) is 0 Å². The lowest BCUT2D eigenvalue weighted by molar-refractivity contribution is 0.845. The molecule has 0 bridgehead atoms. The summed E-state index contributed by atoms with van der Waals surface area (Å²) in [5.74, 6) is 1.74. The quantitative estimate of drug-likeness (QED) is 0.519. The molecule has 1 radical (unpaired) electrons. The average molecular weight is 259 g/mol. The predicted molar refractivity (Wildman–Crippen MR) is 86.9 cm³/mol. The minimum atomic E-state index is 1.17. The highest BCUT2D eigenvalue weighted by atomic mass is 14.2. The Morgan fingerprint density at radius 2 is 1.25 bits per heavy atom. The molecule has 0 amide bonds. The SMILES string of the molecule is c1ccc2c(C[C]3CCCC3)c3ccccc3cc2c1. The fourth-order valence-corrected chi connectivity index (χ4v) is 3.60. The molecule has 0 atom stereocenters. The lowest BCUT2D eigenvalue weighted by Gasteiger charge is -2.15. The number of benzene rings is 3. The van der Waals surface area contributed by atoms with E-state index in [0.717, 1.165) is 0 Å². The van der Waals surface area contributed by atoms with Crippen molar-refractivity contribution in [3.05, 3.63) is 66.1 Å². The van der Waals surface area contributed by atoms with Gasteiger partial charge in [0, 0.05) is 0 Å². The van der Waals surface area contributed by atoms with Gasteiger partial charge < -0.3 is 0 Å². The number of rotatable bonds is 2. The van der Waals surface area contributed by atoms with Gasteiger partial charge in [0.25, 0.3) is 0 Å². The van der Waals surface area contributed by atoms with Gasteiger partial charge in [0.05, 0.1) is 0 Å². The molecule has 1 aliphatic rings. The molecule has 0 saturated heterocycles. The fourth-order valence-electron chi connectivity index (χ4n) is 3.60. The summed E-state index contributed by atoms with van der Waals surface area (Å²) in [7, 11) is 0. The molecule has 1 fully saturated rings. The summed E-state index contributed by atoms with van der Waals surface area (Å²) < 4.78 is 0. The van der Waals surface area contributed by atoms with Crippen molar-refractivity contribution < 1.29 is 0 Å². The van der Waals surface area contributed by atoms with Crippen LogP contribution in [0, 0.1) is 5.92 Å². The zero-order chi connectivity index (χ0) is 13.4. The molecule has 99 valence electrons. The Bertz CT molecular complexity index is 694. The van der Waals surface area contributed by atoms with Gasteiger partial charge in [-0.25, -0.2) is 0 Å². The second-order valence-electron chi connectivity index (χ2n) is 5.93. The Labute approximate surface area is 120 Å². The summed E-state index contributed by atoms with van der Waals surface area (Å²) in [6, 6.07) is 20.0. The first kappa shape index (κ1) is 12.0. The van der Waals surface area contributed by atoms with Crippen LogP contribution in [0.15, 0.2) is 54.6 Å². The Balaban J connectivity index is 1.96. The third-order valence-corrected chi connectivity index (χ3v) is 4.62. The van der Waals surface area contributed by atoms with E-state index in [-0.39, 0.29) is 0 Å². The predicted octanol–water partition coefficient (Wildman–Crippen LogP) is 5.68. The maximum atomic E-state index is 2.33. The number of hydrogen-bond acceptors (Lipinski definition) is 0. The second kappa shape index (κ2) is 4.94. The van der Waals surface area contributed by atoms with Crippen molar-refractivity contribution in [3.8, 4) is 0 Å². The second-order valence-corrected chi connectivity index (χ2v) is 5.93. The van der Waals surface area contributed by atoms with Crippen LogP contribution in [-0.4, -0.2) is 0 Å². The molecule has 0 heteroatoms. The van der Waals surface area contributed by atoms with E-state index in [1.165, 1.54) is 59.2 Å². The third-order valence-electron chi connectivity index (χ3n) is 4.62. The van der Waals surface area contributed by atoms with E-state index in [1.807, 2.05) is 0 Å². The molecule has 3 aromatic carbocycles. The van der Waals surface area contributed by atoms with Gasteiger partial charge in [-0.2, -0.15) is 0 Å². The molecule has 0 aliphatic heterocycles. The Kier molecular flexibility index (Phi) is 2.95. The maximum Gasteiger partial charge on any atom is -0.0145 e. The highest BCUT2D eigenvalue weighted by molar-refractivity contribution is 6.02. The molecule has 4 rings (SSSR count). The van der Waals surface area contributed by atoms with Crippen molar-refractivity contribution in [3.63, 3.8) is 0 Å². The highest BCUT2D eigenvalue weighted by Crippen LogP contribution is 2.35. The maximum absolute atomic E-state index is 2.33. The lowest BCUT2D eigenvalue weighted by atomic mass is 9.89. The van der Waals surface area contributed by atoms with Crippen molar-refractivity contribution in [2.75, 3.05) is 0 Å². The van der Waals surface area contributed by atoms with Gasteiger partial charge in [-0.05, 0) is 58.4 Å². The van der Waals surface area contributed by atoms with E-state index in [0.29, 0.717) is 0 Å². The zero-order valence-electron chi connectivity index (χ0n) is 11.7. The topological polar surface area (TPSA) is 0 Å². The van der Waals surface area contributed by atoms with Gasteiger partial charge in [-0.15, -0.1) is 0 Å². The first-order valence-electron chi connectivity index (χ1n) is 7.65. The molecule has 3 aromatic rings. The molecular weight excluding hydrogens is 240 g/mol. The largest absolute Gasteiger partial charge is 0.0616 e. The van der Waals surface area contributed by atoms with Gasteiger partial charge in [-0.1, -0.05) is 61.4 Å². The van der Waals surface area contributed by atoms with E-state index >= 15 is 0 Å².